The first-order chi connectivity index (χ1) is 43.0. The number of carbonyl (C=O) groups is 3. The summed E-state index contributed by atoms with van der Waals surface area (Å²) in [6.07, 6.45) is 10.6. The summed E-state index contributed by atoms with van der Waals surface area (Å²) < 4.78 is 0. The van der Waals surface area contributed by atoms with E-state index in [2.05, 4.69) is 170 Å². The number of rotatable bonds is 9. The van der Waals surface area contributed by atoms with Gasteiger partial charge in [-0.2, -0.15) is 0 Å². The van der Waals surface area contributed by atoms with Gasteiger partial charge in [0.15, 0.2) is 56.7 Å². The van der Waals surface area contributed by atoms with Crippen LogP contribution in [-0.4, -0.2) is 102 Å². The molecule has 37 heteroatoms. The molecule has 3 amide bonds. The molecule has 0 atom stereocenters. The topological polar surface area (TPSA) is 407 Å². The number of hydrogen-bond donors (Lipinski definition) is 11. The second-order valence-corrected chi connectivity index (χ2v) is 35.2. The van der Waals surface area contributed by atoms with Gasteiger partial charge in [0.05, 0.1) is 31.6 Å². The number of anilines is 4. The summed E-state index contributed by atoms with van der Waals surface area (Å²) >= 11 is 39.2. The monoisotopic (exact) mass is 2000 g/mol. The molecule has 0 radical (unpaired) electrons. The predicted octanol–water partition coefficient (Wildman–Crippen LogP) is 11.4. The number of nitrogens with two attached hydrogens (primary N) is 3. The zero-order valence-corrected chi connectivity index (χ0v) is 61.8. The Balaban J connectivity index is 0.000000206. The Kier molecular flexibility index (Phi) is 31.6. The number of imidazole rings is 5. The summed E-state index contributed by atoms with van der Waals surface area (Å²) in [7, 11) is 0. The first kappa shape index (κ1) is 75.5. The molecular weight excluding hydrogens is 1960 g/mol. The summed E-state index contributed by atoms with van der Waals surface area (Å²) in [5.74, 6) is 0.688. The van der Waals surface area contributed by atoms with Crippen LogP contribution in [0.1, 0.15) is 38.8 Å². The number of fused-ring (bicyclic) bond motifs is 3. The third-order valence-corrected chi connectivity index (χ3v) is 12.4. The number of aromatic amines is 6. The van der Waals surface area contributed by atoms with E-state index in [0.717, 1.165) is 27.9 Å². The van der Waals surface area contributed by atoms with Crippen LogP contribution in [-0.2, 0) is 0 Å². The van der Waals surface area contributed by atoms with Crippen molar-refractivity contribution in [1.29, 1.82) is 0 Å². The number of nitrogen functional groups attached to an aromatic ring is 1. The minimum Gasteiger partial charge on any atom is -0.382 e. The van der Waals surface area contributed by atoms with Crippen molar-refractivity contribution < 1.29 is 27.6 Å². The van der Waals surface area contributed by atoms with E-state index >= 15 is 0 Å². The van der Waals surface area contributed by atoms with E-state index in [4.69, 9.17) is 75.2 Å². The molecule has 0 aliphatic heterocycles. The Hall–Kier alpha value is -6.26. The summed E-state index contributed by atoms with van der Waals surface area (Å²) in [5, 5.41) is 8.39. The van der Waals surface area contributed by atoms with Crippen LogP contribution in [0.5, 0.6) is 0 Å². The van der Waals surface area contributed by atoms with Crippen molar-refractivity contribution in [2.75, 3.05) is 16.4 Å². The molecule has 9 aromatic heterocycles. The number of nitrogens with one attached hydrogen (secondary N) is 8. The molecular formula is C54H44Cl5I6N22O4-. The maximum atomic E-state index is 11.9. The van der Waals surface area contributed by atoms with Gasteiger partial charge >= 0.3 is 50.5 Å². The Morgan fingerprint density at radius 2 is 0.989 bits per heavy atom. The average molecular weight is 2000 g/mol. The second kappa shape index (κ2) is 38.1. The molecule has 0 fully saturated rings. The number of aromatic nitrogens is 17. The van der Waals surface area contributed by atoms with Crippen molar-refractivity contribution in [2.24, 2.45) is 11.5 Å². The zero-order valence-electron chi connectivity index (χ0n) is 44.9. The van der Waals surface area contributed by atoms with Crippen molar-refractivity contribution >= 4 is 231 Å². The van der Waals surface area contributed by atoms with Crippen LogP contribution in [0, 0.1) is 0 Å². The number of halogens is 11. The molecule has 26 nitrogen and oxygen atoms in total. The van der Waals surface area contributed by atoms with Gasteiger partial charge in [-0.3, -0.25) is 24.2 Å². The quantitative estimate of drug-likeness (QED) is 0.0472. The van der Waals surface area contributed by atoms with Gasteiger partial charge in [0.2, 0.25) is 0 Å². The normalized spacial score (nSPS) is 10.0. The van der Waals surface area contributed by atoms with Crippen LogP contribution in [0.25, 0.3) is 67.7 Å². The SMILES string of the molecule is C.Clc1cccc(-c2nc(Cl)c3[nH]cnc3n2)c1.Clc1cccc(-c2nc(Nc3ccncc3)c3[nH]cnc3n2)c1.I.II.I[I-]I.NC(=O)c1[nH]cnc1N.NC(=O)c1[nH]cnc1NC(=O)c1cccc(Cl)c1.O=c1[nH]c(-c2cccc(Cl)c2)nc2nc[nH]c12. The van der Waals surface area contributed by atoms with Gasteiger partial charge in [0, 0.05) is 97.7 Å². The fraction of sp³-hybridized carbons (Fsp3) is 0.0185. The molecule has 9 heterocycles. The van der Waals surface area contributed by atoms with Gasteiger partial charge < -0.3 is 57.7 Å². The number of nitrogens with zero attached hydrogens (tertiary/aromatic N) is 11. The maximum absolute atomic E-state index is 11.9. The van der Waals surface area contributed by atoms with Gasteiger partial charge in [-0.1, -0.05) is 108 Å². The number of benzene rings is 4. The van der Waals surface area contributed by atoms with Crippen LogP contribution in [0.2, 0.25) is 25.2 Å². The Morgan fingerprint density at radius 3 is 1.52 bits per heavy atom. The van der Waals surface area contributed by atoms with E-state index in [1.54, 1.807) is 67.3 Å². The largest absolute Gasteiger partial charge is 0.382 e. The van der Waals surface area contributed by atoms with Crippen LogP contribution in [0.15, 0.2) is 158 Å². The van der Waals surface area contributed by atoms with Gasteiger partial charge in [0.25, 0.3) is 23.3 Å². The standard InChI is InChI=1S/C16H11ClN6.C11H6Cl2N4.C11H9ClN4O2.C11H7ClN4O.C4H6N4O.CH4.I3.I2.HI/c17-11-3-1-2-10(8-11)14-22-15-13(19-9-20-15)16(23-14)21-12-4-6-18-7-5-12;12-7-3-1-2-6(4-7)10-16-9(13)8-11(17-10)15-5-14-8;12-7-3-1-2-6(4-7)11(18)16-10-8(9(13)17)14-5-15-10;12-7-3-1-2-6(4-7)9-15-10-8(11(17)16-9)13-5-14-10;5-3-2(4(6)9)7-1-8-3;;1-3-2;1-2;/h1-9H,(H2,18,19,20,21,22,23);1-5H,(H,14,15,16,17);1-5H,(H2,13,17)(H,14,15)(H,16,18);1-5H,(H2,13,14,15,16,17);1H,5H2,(H2,6,9)(H,7,8);1H4;;;1H/q;;;;;;-1;;. The number of carbonyl (C=O) groups excluding carboxylic acids is 3. The fourth-order valence-corrected chi connectivity index (χ4v) is 8.29. The van der Waals surface area contributed by atoms with Crippen molar-refractivity contribution in [3.63, 3.8) is 0 Å². The first-order valence-electron chi connectivity index (χ1n) is 24.4. The molecule has 91 heavy (non-hydrogen) atoms. The van der Waals surface area contributed by atoms with E-state index in [0.29, 0.717) is 95.3 Å². The first-order valence-corrected chi connectivity index (χ1v) is 45.2. The molecule has 472 valence electrons. The van der Waals surface area contributed by atoms with Crippen LogP contribution in [0.3, 0.4) is 0 Å². The molecule has 0 unspecified atom stereocenters. The van der Waals surface area contributed by atoms with E-state index in [1.807, 2.05) is 54.6 Å². The fourth-order valence-electron chi connectivity index (χ4n) is 7.31. The van der Waals surface area contributed by atoms with Crippen molar-refractivity contribution in [3.05, 3.63) is 206 Å². The summed E-state index contributed by atoms with van der Waals surface area (Å²) in [5.41, 5.74) is 22.1. The molecule has 13 rings (SSSR count). The van der Waals surface area contributed by atoms with Crippen LogP contribution in [0.4, 0.5) is 23.1 Å². The van der Waals surface area contributed by atoms with E-state index in [-0.39, 0.29) is 60.0 Å². The Morgan fingerprint density at radius 1 is 0.527 bits per heavy atom. The van der Waals surface area contributed by atoms with Gasteiger partial charge in [-0.05, 0) is 66.7 Å². The van der Waals surface area contributed by atoms with Gasteiger partial charge in [-0.15, -0.1) is 24.0 Å². The minimum absolute atomic E-state index is 0. The smallest absolute Gasteiger partial charge is 0.277 e. The van der Waals surface area contributed by atoms with E-state index in [9.17, 15) is 19.2 Å². The number of H-pyrrole nitrogens is 6. The maximum Gasteiger partial charge on any atom is 0.277 e. The number of hydrogen-bond acceptors (Lipinski definition) is 17. The number of primary amides is 2. The molecule has 0 saturated carbocycles. The van der Waals surface area contributed by atoms with Crippen LogP contribution < -0.4 is 46.6 Å². The third kappa shape index (κ3) is 21.9. The molecule has 0 bridgehead atoms. The van der Waals surface area contributed by atoms with Crippen molar-refractivity contribution in [2.45, 2.75) is 7.43 Å². The van der Waals surface area contributed by atoms with E-state index in [1.165, 1.54) is 31.4 Å². The number of amides is 3. The Bertz CT molecular complexity index is 4580. The second-order valence-electron chi connectivity index (χ2n) is 16.9. The molecule has 0 saturated heterocycles. The predicted molar refractivity (Wildman–Crippen MR) is 398 cm³/mol. The molecule has 0 aliphatic carbocycles. The average Bonchev–Trinajstić information content (AvgIpc) is 1.86. The molecule has 14 N–H and O–H groups in total. The van der Waals surface area contributed by atoms with Crippen molar-refractivity contribution in [1.82, 2.24) is 84.7 Å². The summed E-state index contributed by atoms with van der Waals surface area (Å²) in [6, 6.07) is 32.0. The van der Waals surface area contributed by atoms with Crippen molar-refractivity contribution in [3.8, 4) is 34.2 Å². The molecule has 0 spiro atoms. The molecule has 0 aliphatic rings. The van der Waals surface area contributed by atoms with Gasteiger partial charge in [-0.25, -0.2) is 49.8 Å². The molecule has 4 aromatic carbocycles. The third-order valence-electron chi connectivity index (χ3n) is 11.1. The van der Waals surface area contributed by atoms with Crippen LogP contribution >= 0.6 is 156 Å². The summed E-state index contributed by atoms with van der Waals surface area (Å²) in [4.78, 5) is 107. The van der Waals surface area contributed by atoms with Gasteiger partial charge in [0.1, 0.15) is 28.2 Å². The Labute approximate surface area is 610 Å². The number of pyridine rings is 1. The zero-order chi connectivity index (χ0) is 64.0. The summed E-state index contributed by atoms with van der Waals surface area (Å²) in [6.45, 7) is 0. The minimum atomic E-state index is -0.700. The van der Waals surface area contributed by atoms with E-state index < -0.39 is 17.7 Å². The molecule has 13 aromatic rings.